The zero-order valence-corrected chi connectivity index (χ0v) is 22.3. The van der Waals surface area contributed by atoms with E-state index < -0.39 is 12.2 Å². The summed E-state index contributed by atoms with van der Waals surface area (Å²) in [7, 11) is 0. The predicted octanol–water partition coefficient (Wildman–Crippen LogP) is 6.11. The molecule has 0 unspecified atom stereocenters. The molecule has 3 atom stereocenters. The summed E-state index contributed by atoms with van der Waals surface area (Å²) in [5.41, 5.74) is 2.62. The molecule has 0 aliphatic rings. The summed E-state index contributed by atoms with van der Waals surface area (Å²) in [6.07, 6.45) is -0.762. The van der Waals surface area contributed by atoms with E-state index in [9.17, 15) is 10.2 Å². The van der Waals surface area contributed by atoms with Gasteiger partial charge in [-0.05, 0) is 73.4 Å². The summed E-state index contributed by atoms with van der Waals surface area (Å²) in [5.74, 6) is 0.802. The van der Waals surface area contributed by atoms with E-state index in [1.807, 2.05) is 55.5 Å². The van der Waals surface area contributed by atoms with Crippen LogP contribution in [-0.2, 0) is 11.2 Å². The fourth-order valence-corrected chi connectivity index (χ4v) is 4.47. The average Bonchev–Trinajstić information content (AvgIpc) is 2.87. The number of benzene rings is 3. The van der Waals surface area contributed by atoms with Crippen LogP contribution in [0.25, 0.3) is 0 Å². The molecule has 2 N–H and O–H groups in total. The second-order valence-corrected chi connectivity index (χ2v) is 9.71. The smallest absolute Gasteiger partial charge is 0.119 e. The molecule has 0 spiro atoms. The monoisotopic (exact) mass is 531 g/mol. The number of aliphatic hydroxyl groups excluding tert-OH is 2. The quantitative estimate of drug-likeness (QED) is 0.246. The summed E-state index contributed by atoms with van der Waals surface area (Å²) in [5, 5.41) is 23.1. The van der Waals surface area contributed by atoms with Crippen molar-refractivity contribution in [3.05, 3.63) is 99.5 Å². The highest BCUT2D eigenvalue weighted by atomic mass is 35.5. The Labute approximate surface area is 224 Å². The Hall–Kier alpha value is -2.12. The lowest BCUT2D eigenvalue weighted by atomic mass is 10.0. The number of hydrogen-bond acceptors (Lipinski definition) is 5. The largest absolute Gasteiger partial charge is 0.491 e. The molecule has 7 heteroatoms. The van der Waals surface area contributed by atoms with Gasteiger partial charge in [-0.1, -0.05) is 59.6 Å². The standard InChI is InChI=1S/C29H35Cl2NO4/c1-3-35-14-15-36-27-12-10-22(11-13-27)16-21(2)32(19-28(33)23-6-4-8-25(30)17-23)20-29(34)24-7-5-9-26(31)18-24/h4-13,17-18,21,28-29,33-34H,3,14-16,19-20H2,1-2H3/t21-,28-,29+/m0/s1. The number of halogens is 2. The molecular formula is C29H35Cl2NO4. The van der Waals surface area contributed by atoms with Gasteiger partial charge < -0.3 is 19.7 Å². The molecule has 0 aromatic heterocycles. The Kier molecular flexibility index (Phi) is 11.5. The first-order valence-electron chi connectivity index (χ1n) is 12.3. The molecule has 3 aromatic carbocycles. The second kappa shape index (κ2) is 14.6. The van der Waals surface area contributed by atoms with E-state index in [1.54, 1.807) is 24.3 Å². The third-order valence-corrected chi connectivity index (χ3v) is 6.53. The third-order valence-electron chi connectivity index (χ3n) is 6.06. The maximum atomic E-state index is 11.0. The van der Waals surface area contributed by atoms with Crippen molar-refractivity contribution < 1.29 is 19.7 Å². The number of hydrogen-bond donors (Lipinski definition) is 2. The summed E-state index contributed by atoms with van der Waals surface area (Å²) >= 11 is 12.3. The topological polar surface area (TPSA) is 62.2 Å². The molecule has 0 radical (unpaired) electrons. The van der Waals surface area contributed by atoms with Crippen LogP contribution in [0, 0.1) is 0 Å². The van der Waals surface area contributed by atoms with Gasteiger partial charge in [0.05, 0.1) is 18.8 Å². The lowest BCUT2D eigenvalue weighted by molar-refractivity contribution is 0.0480. The van der Waals surface area contributed by atoms with Gasteiger partial charge >= 0.3 is 0 Å². The molecule has 0 amide bonds. The molecule has 194 valence electrons. The van der Waals surface area contributed by atoms with Crippen molar-refractivity contribution in [3.8, 4) is 5.75 Å². The van der Waals surface area contributed by atoms with E-state index >= 15 is 0 Å². The molecule has 3 rings (SSSR count). The van der Waals surface area contributed by atoms with E-state index in [1.165, 1.54) is 0 Å². The number of rotatable bonds is 14. The average molecular weight is 533 g/mol. The molecule has 0 heterocycles. The van der Waals surface area contributed by atoms with E-state index in [0.717, 1.165) is 28.9 Å². The van der Waals surface area contributed by atoms with Crippen molar-refractivity contribution in [2.45, 2.75) is 38.5 Å². The minimum atomic E-state index is -0.751. The Morgan fingerprint density at radius 1 is 0.806 bits per heavy atom. The Balaban J connectivity index is 1.70. The molecular weight excluding hydrogens is 497 g/mol. The first-order valence-corrected chi connectivity index (χ1v) is 13.0. The SMILES string of the molecule is CCOCCOc1ccc(C[C@H](C)N(C[C@@H](O)c2cccc(Cl)c2)C[C@H](O)c2cccc(Cl)c2)cc1. The molecule has 5 nitrogen and oxygen atoms in total. The fourth-order valence-electron chi connectivity index (χ4n) is 4.07. The van der Waals surface area contributed by atoms with Crippen LogP contribution in [-0.4, -0.2) is 54.1 Å². The van der Waals surface area contributed by atoms with Gasteiger partial charge in [0.25, 0.3) is 0 Å². The van der Waals surface area contributed by atoms with Crippen LogP contribution in [0.3, 0.4) is 0 Å². The molecule has 0 saturated carbocycles. The van der Waals surface area contributed by atoms with E-state index in [0.29, 0.717) is 43.0 Å². The number of aliphatic hydroxyl groups is 2. The molecule has 0 bridgehead atoms. The lowest BCUT2D eigenvalue weighted by Crippen LogP contribution is -2.40. The van der Waals surface area contributed by atoms with Gasteiger partial charge in [-0.2, -0.15) is 0 Å². The van der Waals surface area contributed by atoms with E-state index in [4.69, 9.17) is 32.7 Å². The van der Waals surface area contributed by atoms with Gasteiger partial charge in [0, 0.05) is 35.8 Å². The number of nitrogens with zero attached hydrogens (tertiary/aromatic N) is 1. The van der Waals surface area contributed by atoms with Crippen LogP contribution in [0.15, 0.2) is 72.8 Å². The van der Waals surface area contributed by atoms with Crippen molar-refractivity contribution in [1.82, 2.24) is 4.90 Å². The second-order valence-electron chi connectivity index (χ2n) is 8.84. The highest BCUT2D eigenvalue weighted by Gasteiger charge is 2.23. The minimum absolute atomic E-state index is 0.0393. The van der Waals surface area contributed by atoms with Crippen LogP contribution in [0.5, 0.6) is 5.75 Å². The Morgan fingerprint density at radius 2 is 1.36 bits per heavy atom. The van der Waals surface area contributed by atoms with E-state index in [-0.39, 0.29) is 6.04 Å². The van der Waals surface area contributed by atoms with Gasteiger partial charge in [-0.3, -0.25) is 4.90 Å². The zero-order valence-electron chi connectivity index (χ0n) is 20.8. The van der Waals surface area contributed by atoms with E-state index in [2.05, 4.69) is 11.8 Å². The molecule has 3 aromatic rings. The lowest BCUT2D eigenvalue weighted by Gasteiger charge is -2.33. The molecule has 0 saturated heterocycles. The maximum absolute atomic E-state index is 11.0. The van der Waals surface area contributed by atoms with Gasteiger partial charge in [0.1, 0.15) is 12.4 Å². The first-order chi connectivity index (χ1) is 17.4. The Bertz CT molecular complexity index is 1010. The molecule has 36 heavy (non-hydrogen) atoms. The van der Waals surface area contributed by atoms with Crippen molar-refractivity contribution in [3.63, 3.8) is 0 Å². The highest BCUT2D eigenvalue weighted by molar-refractivity contribution is 6.30. The van der Waals surface area contributed by atoms with Crippen LogP contribution >= 0.6 is 23.2 Å². The summed E-state index contributed by atoms with van der Waals surface area (Å²) in [4.78, 5) is 2.10. The predicted molar refractivity (Wildman–Crippen MR) is 146 cm³/mol. The van der Waals surface area contributed by atoms with Crippen LogP contribution in [0.1, 0.15) is 42.7 Å². The molecule has 0 aliphatic carbocycles. The van der Waals surface area contributed by atoms with Crippen molar-refractivity contribution in [2.75, 3.05) is 32.9 Å². The summed E-state index contributed by atoms with van der Waals surface area (Å²) < 4.78 is 11.0. The summed E-state index contributed by atoms with van der Waals surface area (Å²) in [6.45, 7) is 6.50. The van der Waals surface area contributed by atoms with Crippen molar-refractivity contribution >= 4 is 23.2 Å². The zero-order chi connectivity index (χ0) is 25.9. The van der Waals surface area contributed by atoms with Crippen molar-refractivity contribution in [2.24, 2.45) is 0 Å². The Morgan fingerprint density at radius 3 is 1.86 bits per heavy atom. The van der Waals surface area contributed by atoms with Gasteiger partial charge in [-0.25, -0.2) is 0 Å². The summed E-state index contributed by atoms with van der Waals surface area (Å²) in [6, 6.07) is 22.5. The van der Waals surface area contributed by atoms with Gasteiger partial charge in [0.2, 0.25) is 0 Å². The van der Waals surface area contributed by atoms with Crippen LogP contribution in [0.2, 0.25) is 10.0 Å². The minimum Gasteiger partial charge on any atom is -0.491 e. The normalized spacial score (nSPS) is 14.0. The third kappa shape index (κ3) is 9.07. The van der Waals surface area contributed by atoms with Crippen molar-refractivity contribution in [1.29, 1.82) is 0 Å². The van der Waals surface area contributed by atoms with Gasteiger partial charge in [-0.15, -0.1) is 0 Å². The van der Waals surface area contributed by atoms with Gasteiger partial charge in [0.15, 0.2) is 0 Å². The maximum Gasteiger partial charge on any atom is 0.119 e. The van der Waals surface area contributed by atoms with Crippen LogP contribution in [0.4, 0.5) is 0 Å². The molecule has 0 aliphatic heterocycles. The fraction of sp³-hybridized carbons (Fsp3) is 0.379. The van der Waals surface area contributed by atoms with Crippen LogP contribution < -0.4 is 4.74 Å². The highest BCUT2D eigenvalue weighted by Crippen LogP contribution is 2.24. The number of ether oxygens (including phenoxy) is 2. The molecule has 0 fully saturated rings. The first kappa shape index (κ1) is 28.5.